The van der Waals surface area contributed by atoms with E-state index in [1.54, 1.807) is 0 Å². The van der Waals surface area contributed by atoms with Crippen LogP contribution in [0, 0.1) is 0 Å². The maximum atomic E-state index is 6.24. The molecular weight excluding hydrogens is 345 g/mol. The van der Waals surface area contributed by atoms with Crippen molar-refractivity contribution in [3.63, 3.8) is 0 Å². The van der Waals surface area contributed by atoms with Gasteiger partial charge in [-0.1, -0.05) is 0 Å². The SMILES string of the molecule is Clc1ccc2c(c1)CNCc1bnc(C3CCC(OC4CCC4)CC3)n1-2. The van der Waals surface area contributed by atoms with Crippen LogP contribution in [0.5, 0.6) is 0 Å². The molecule has 6 heteroatoms. The number of hydrogen-bond acceptors (Lipinski definition) is 3. The van der Waals surface area contributed by atoms with Crippen LogP contribution in [0.25, 0.3) is 5.69 Å². The molecule has 0 bridgehead atoms. The monoisotopic (exact) mass is 369 g/mol. The molecule has 1 aromatic heterocycles. The third-order valence-corrected chi connectivity index (χ3v) is 6.48. The van der Waals surface area contributed by atoms with E-state index in [9.17, 15) is 0 Å². The van der Waals surface area contributed by atoms with E-state index in [0.29, 0.717) is 18.1 Å². The summed E-state index contributed by atoms with van der Waals surface area (Å²) in [5.74, 6) is 1.74. The predicted octanol–water partition coefficient (Wildman–Crippen LogP) is 4.06. The third kappa shape index (κ3) is 3.15. The topological polar surface area (TPSA) is 39.1 Å². The molecule has 4 nitrogen and oxygen atoms in total. The van der Waals surface area contributed by atoms with E-state index < -0.39 is 0 Å². The minimum atomic E-state index is 0.461. The van der Waals surface area contributed by atoms with Gasteiger partial charge >= 0.3 is 160 Å². The van der Waals surface area contributed by atoms with Gasteiger partial charge in [0.05, 0.1) is 0 Å². The second-order valence-electron chi connectivity index (χ2n) is 7.98. The molecule has 3 aliphatic rings. The normalized spacial score (nSPS) is 25.7. The Bertz CT molecular complexity index is 796. The zero-order chi connectivity index (χ0) is 17.5. The van der Waals surface area contributed by atoms with Gasteiger partial charge in [0.15, 0.2) is 0 Å². The van der Waals surface area contributed by atoms with Gasteiger partial charge in [0, 0.05) is 0 Å². The summed E-state index contributed by atoms with van der Waals surface area (Å²) in [6.45, 7) is 1.69. The number of nitrogens with zero attached hydrogens (tertiary/aromatic N) is 2. The molecule has 2 fully saturated rings. The van der Waals surface area contributed by atoms with Crippen molar-refractivity contribution in [1.29, 1.82) is 0 Å². The zero-order valence-electron chi connectivity index (χ0n) is 15.1. The number of hydrogen-bond donors (Lipinski definition) is 1. The van der Waals surface area contributed by atoms with Crippen molar-refractivity contribution in [3.8, 4) is 5.69 Å². The van der Waals surface area contributed by atoms with Crippen molar-refractivity contribution in [1.82, 2.24) is 14.8 Å². The van der Waals surface area contributed by atoms with Gasteiger partial charge in [-0.2, -0.15) is 0 Å². The second kappa shape index (κ2) is 7.10. The van der Waals surface area contributed by atoms with Crippen LogP contribution in [-0.2, 0) is 17.8 Å². The minimum absolute atomic E-state index is 0.461. The molecule has 2 heterocycles. The predicted molar refractivity (Wildman–Crippen MR) is 104 cm³/mol. The number of halogens is 1. The van der Waals surface area contributed by atoms with Crippen LogP contribution in [0.4, 0.5) is 0 Å². The molecule has 136 valence electrons. The summed E-state index contributed by atoms with van der Waals surface area (Å²) in [5.41, 5.74) is 3.72. The van der Waals surface area contributed by atoms with E-state index >= 15 is 0 Å². The summed E-state index contributed by atoms with van der Waals surface area (Å²) in [7, 11) is 2.04. The van der Waals surface area contributed by atoms with Gasteiger partial charge in [-0.15, -0.1) is 0 Å². The van der Waals surface area contributed by atoms with Crippen molar-refractivity contribution in [2.24, 2.45) is 0 Å². The van der Waals surface area contributed by atoms with Crippen LogP contribution < -0.4 is 5.32 Å². The van der Waals surface area contributed by atoms with Gasteiger partial charge in [-0.25, -0.2) is 0 Å². The molecule has 5 rings (SSSR count). The molecule has 26 heavy (non-hydrogen) atoms. The Hall–Kier alpha value is -1.17. The first-order valence-corrected chi connectivity index (χ1v) is 10.4. The number of fused-ring (bicyclic) bond motifs is 3. The fourth-order valence-electron chi connectivity index (χ4n) is 4.57. The zero-order valence-corrected chi connectivity index (χ0v) is 15.8. The van der Waals surface area contributed by atoms with Crippen LogP contribution >= 0.6 is 11.6 Å². The first kappa shape index (κ1) is 17.0. The Morgan fingerprint density at radius 1 is 1.08 bits per heavy atom. The molecule has 0 atom stereocenters. The Labute approximate surface area is 160 Å². The average Bonchev–Trinajstić information content (AvgIpc) is 2.94. The fraction of sp³-hybridized carbons (Fsp3) is 0.600. The number of aromatic nitrogens is 2. The van der Waals surface area contributed by atoms with E-state index in [1.165, 1.54) is 54.8 Å². The van der Waals surface area contributed by atoms with E-state index in [2.05, 4.69) is 22.0 Å². The standard InChI is InChI=1S/C20H25BClN3O/c22-15-6-9-18-14(10-15)11-23-12-19-21-24-20(25(18)19)13-4-7-17(8-5-13)26-16-2-1-3-16/h6,9-10,13,16-17,23H,1-5,7-8,11-12H2. The van der Waals surface area contributed by atoms with Crippen LogP contribution in [-0.4, -0.2) is 28.7 Å². The van der Waals surface area contributed by atoms with E-state index in [0.717, 1.165) is 31.0 Å². The Kier molecular flexibility index (Phi) is 4.63. The van der Waals surface area contributed by atoms with Crippen LogP contribution in [0.1, 0.15) is 67.8 Å². The van der Waals surface area contributed by atoms with Gasteiger partial charge in [0.1, 0.15) is 0 Å². The molecule has 1 aromatic carbocycles. The first-order chi connectivity index (χ1) is 12.8. The first-order valence-electron chi connectivity index (χ1n) is 9.99. The summed E-state index contributed by atoms with van der Waals surface area (Å²) in [6.07, 6.45) is 9.54. The second-order valence-corrected chi connectivity index (χ2v) is 8.42. The van der Waals surface area contributed by atoms with Gasteiger partial charge in [0.25, 0.3) is 0 Å². The molecule has 0 radical (unpaired) electrons. The van der Waals surface area contributed by atoms with Crippen molar-refractivity contribution >= 4 is 18.7 Å². The van der Waals surface area contributed by atoms with Gasteiger partial charge in [-0.3, -0.25) is 0 Å². The molecule has 0 unspecified atom stereocenters. The van der Waals surface area contributed by atoms with Crippen molar-refractivity contribution in [2.45, 2.75) is 76.2 Å². The average molecular weight is 370 g/mol. The molecule has 0 saturated heterocycles. The van der Waals surface area contributed by atoms with E-state index in [-0.39, 0.29) is 0 Å². The number of benzene rings is 1. The summed E-state index contributed by atoms with van der Waals surface area (Å²) in [6, 6.07) is 6.21. The van der Waals surface area contributed by atoms with Gasteiger partial charge in [0.2, 0.25) is 0 Å². The molecule has 0 amide bonds. The summed E-state index contributed by atoms with van der Waals surface area (Å²) >= 11 is 6.23. The summed E-state index contributed by atoms with van der Waals surface area (Å²) in [4.78, 5) is 4.85. The molecule has 0 spiro atoms. The van der Waals surface area contributed by atoms with Crippen LogP contribution in [0.2, 0.25) is 5.02 Å². The number of ether oxygens (including phenoxy) is 1. The van der Waals surface area contributed by atoms with Gasteiger partial charge in [-0.05, 0) is 0 Å². The van der Waals surface area contributed by atoms with Crippen LogP contribution in [0.15, 0.2) is 18.2 Å². The molecular formula is C20H25BClN3O. The fourth-order valence-corrected chi connectivity index (χ4v) is 4.76. The third-order valence-electron chi connectivity index (χ3n) is 6.24. The molecule has 2 saturated carbocycles. The molecule has 1 aliphatic heterocycles. The van der Waals surface area contributed by atoms with Crippen molar-refractivity contribution in [3.05, 3.63) is 40.2 Å². The molecule has 1 N–H and O–H groups in total. The number of rotatable bonds is 3. The Balaban J connectivity index is 1.39. The molecule has 2 aliphatic carbocycles. The molecule has 2 aromatic rings. The van der Waals surface area contributed by atoms with E-state index in [1.807, 2.05) is 13.1 Å². The summed E-state index contributed by atoms with van der Waals surface area (Å²) in [5, 5.41) is 4.30. The quantitative estimate of drug-likeness (QED) is 0.886. The maximum absolute atomic E-state index is 6.24. The van der Waals surface area contributed by atoms with Crippen LogP contribution in [0.3, 0.4) is 0 Å². The van der Waals surface area contributed by atoms with E-state index in [4.69, 9.17) is 21.2 Å². The van der Waals surface area contributed by atoms with Crippen molar-refractivity contribution < 1.29 is 4.74 Å². The number of nitrogens with one attached hydrogen (secondary N) is 1. The Morgan fingerprint density at radius 2 is 1.88 bits per heavy atom. The van der Waals surface area contributed by atoms with Crippen molar-refractivity contribution in [2.75, 3.05) is 0 Å². The summed E-state index contributed by atoms with van der Waals surface area (Å²) < 4.78 is 8.62. The Morgan fingerprint density at radius 3 is 2.65 bits per heavy atom. The van der Waals surface area contributed by atoms with Gasteiger partial charge < -0.3 is 0 Å².